The second-order valence-electron chi connectivity index (χ2n) is 2.42. The Bertz CT molecular complexity index is 277. The molecular formula is C6H16N2O8S. The topological polar surface area (TPSA) is 188 Å². The predicted molar refractivity (Wildman–Crippen MR) is 51.2 cm³/mol. The first-order valence-electron chi connectivity index (χ1n) is 4.20. The number of aliphatic carboxylic acids is 2. The van der Waals surface area contributed by atoms with Crippen LogP contribution in [-0.2, 0) is 20.0 Å². The lowest BCUT2D eigenvalue weighted by molar-refractivity contribution is -0.617. The molecule has 0 aliphatic rings. The molecule has 6 N–H and O–H groups in total. The van der Waals surface area contributed by atoms with Crippen LogP contribution in [0.4, 0.5) is 0 Å². The van der Waals surface area contributed by atoms with Crippen LogP contribution in [0.3, 0.4) is 0 Å². The zero-order valence-corrected chi connectivity index (χ0v) is 10.1. The first kappa shape index (κ1) is 21.1. The minimum Gasteiger partial charge on any atom is -0.759 e. The molecule has 0 bridgehead atoms. The highest BCUT2D eigenvalue weighted by Gasteiger charge is 1.90. The Morgan fingerprint density at radius 2 is 1.18 bits per heavy atom. The third kappa shape index (κ3) is 107. The van der Waals surface area contributed by atoms with E-state index in [2.05, 4.69) is 0 Å². The lowest BCUT2D eigenvalue weighted by Gasteiger charge is -2.06. The standard InChI is InChI=1S/2C3H7NO2.H2O4S/c2*1-4-2-3(5)6;1-5(2,3)4/h2*4H,2H2,1H3,(H,5,6);(H2,1,2,3,4). The molecule has 0 radical (unpaired) electrons. The summed E-state index contributed by atoms with van der Waals surface area (Å²) < 4.78 is 34.1. The molecule has 0 saturated carbocycles. The SMILES string of the molecule is C[NH2+]CC(=O)O.C[NH2+]CC(=O)O.O=S(=O)([O-])[O-]. The van der Waals surface area contributed by atoms with Crippen molar-refractivity contribution in [3.63, 3.8) is 0 Å². The molecule has 0 heterocycles. The molecule has 0 rings (SSSR count). The summed E-state index contributed by atoms with van der Waals surface area (Å²) in [6.45, 7) is 0.333. The zero-order chi connectivity index (χ0) is 14.5. The Morgan fingerprint density at radius 3 is 1.18 bits per heavy atom. The van der Waals surface area contributed by atoms with Gasteiger partial charge in [0.2, 0.25) is 0 Å². The fraction of sp³-hybridized carbons (Fsp3) is 0.667. The number of hydrogen-bond acceptors (Lipinski definition) is 6. The summed E-state index contributed by atoms with van der Waals surface area (Å²) in [5, 5.41) is 19.0. The maximum absolute atomic E-state index is 9.57. The smallest absolute Gasteiger partial charge is 0.359 e. The minimum atomic E-state index is -5.17. The Morgan fingerprint density at radius 1 is 1.00 bits per heavy atom. The Kier molecular flexibility index (Phi) is 15.9. The van der Waals surface area contributed by atoms with Crippen molar-refractivity contribution in [2.75, 3.05) is 27.2 Å². The van der Waals surface area contributed by atoms with Crippen molar-refractivity contribution in [2.45, 2.75) is 0 Å². The number of likely N-dealkylation sites (N-methyl/N-ethyl adjacent to an activating group) is 2. The highest BCUT2D eigenvalue weighted by atomic mass is 32.3. The normalized spacial score (nSPS) is 9.18. The molecule has 17 heavy (non-hydrogen) atoms. The van der Waals surface area contributed by atoms with E-state index < -0.39 is 22.3 Å². The van der Waals surface area contributed by atoms with Crippen molar-refractivity contribution in [3.8, 4) is 0 Å². The Labute approximate surface area is 98.2 Å². The van der Waals surface area contributed by atoms with Crippen LogP contribution in [0.5, 0.6) is 0 Å². The molecule has 0 amide bonds. The highest BCUT2D eigenvalue weighted by molar-refractivity contribution is 7.79. The molecule has 0 aliphatic carbocycles. The maximum Gasteiger partial charge on any atom is 0.359 e. The molecule has 0 saturated heterocycles. The zero-order valence-electron chi connectivity index (χ0n) is 9.32. The largest absolute Gasteiger partial charge is 0.759 e. The van der Waals surface area contributed by atoms with Crippen LogP contribution in [0, 0.1) is 0 Å². The van der Waals surface area contributed by atoms with E-state index in [1.54, 1.807) is 24.7 Å². The van der Waals surface area contributed by atoms with Crippen molar-refractivity contribution in [2.24, 2.45) is 0 Å². The van der Waals surface area contributed by atoms with Gasteiger partial charge in [-0.05, 0) is 0 Å². The predicted octanol–water partition coefficient (Wildman–Crippen LogP) is -4.81. The van der Waals surface area contributed by atoms with Crippen LogP contribution in [-0.4, -0.2) is 66.9 Å². The number of hydrogen-bond donors (Lipinski definition) is 4. The van der Waals surface area contributed by atoms with E-state index in [1.807, 2.05) is 0 Å². The van der Waals surface area contributed by atoms with Gasteiger partial charge in [0.25, 0.3) is 0 Å². The first-order valence-corrected chi connectivity index (χ1v) is 5.53. The molecule has 0 aromatic rings. The van der Waals surface area contributed by atoms with Crippen LogP contribution in [0.2, 0.25) is 0 Å². The lowest BCUT2D eigenvalue weighted by Crippen LogP contribution is -2.81. The summed E-state index contributed by atoms with van der Waals surface area (Å²) in [4.78, 5) is 19.1. The van der Waals surface area contributed by atoms with Crippen molar-refractivity contribution in [3.05, 3.63) is 0 Å². The summed E-state index contributed by atoms with van der Waals surface area (Å²) >= 11 is 0. The van der Waals surface area contributed by atoms with Crippen LogP contribution >= 0.6 is 0 Å². The van der Waals surface area contributed by atoms with Gasteiger partial charge in [0.1, 0.15) is 0 Å². The summed E-state index contributed by atoms with van der Waals surface area (Å²) in [5.41, 5.74) is 0. The molecule has 11 heteroatoms. The van der Waals surface area contributed by atoms with Gasteiger partial charge in [0, 0.05) is 10.4 Å². The number of carboxylic acids is 2. The van der Waals surface area contributed by atoms with E-state index in [-0.39, 0.29) is 13.1 Å². The van der Waals surface area contributed by atoms with Gasteiger partial charge in [-0.2, -0.15) is 0 Å². The fourth-order valence-electron chi connectivity index (χ4n) is 0.349. The molecule has 0 aromatic heterocycles. The summed E-state index contributed by atoms with van der Waals surface area (Å²) in [6.07, 6.45) is 0. The van der Waals surface area contributed by atoms with Crippen molar-refractivity contribution >= 4 is 22.3 Å². The monoisotopic (exact) mass is 276 g/mol. The number of rotatable bonds is 4. The third-order valence-corrected chi connectivity index (χ3v) is 0.757. The van der Waals surface area contributed by atoms with Gasteiger partial charge < -0.3 is 30.0 Å². The van der Waals surface area contributed by atoms with Crippen LogP contribution in [0.25, 0.3) is 0 Å². The molecule has 0 aromatic carbocycles. The van der Waals surface area contributed by atoms with Crippen LogP contribution < -0.4 is 10.6 Å². The average Bonchev–Trinajstić information content (AvgIpc) is 2.00. The molecule has 0 aliphatic heterocycles. The van der Waals surface area contributed by atoms with Gasteiger partial charge in [-0.3, -0.25) is 8.42 Å². The molecule has 0 atom stereocenters. The quantitative estimate of drug-likeness (QED) is 0.290. The molecule has 10 nitrogen and oxygen atoms in total. The van der Waals surface area contributed by atoms with Gasteiger partial charge in [0.05, 0.1) is 14.1 Å². The number of carbonyl (C=O) groups is 2. The molecule has 0 unspecified atom stereocenters. The number of nitrogens with two attached hydrogens (primary N) is 2. The summed E-state index contributed by atoms with van der Waals surface area (Å²) in [7, 11) is -1.73. The molecule has 0 spiro atoms. The van der Waals surface area contributed by atoms with Gasteiger partial charge in [-0.25, -0.2) is 9.59 Å². The van der Waals surface area contributed by atoms with Crippen molar-refractivity contribution in [1.82, 2.24) is 0 Å². The second kappa shape index (κ2) is 12.8. The first-order chi connectivity index (χ1) is 7.54. The van der Waals surface area contributed by atoms with Gasteiger partial charge in [0.15, 0.2) is 13.1 Å². The number of quaternary nitrogens is 2. The average molecular weight is 276 g/mol. The minimum absolute atomic E-state index is 0.167. The van der Waals surface area contributed by atoms with Gasteiger partial charge >= 0.3 is 11.9 Å². The fourth-order valence-corrected chi connectivity index (χ4v) is 0.349. The van der Waals surface area contributed by atoms with E-state index >= 15 is 0 Å². The summed E-state index contributed by atoms with van der Waals surface area (Å²) in [5.74, 6) is -1.53. The Balaban J connectivity index is -0.000000174. The van der Waals surface area contributed by atoms with E-state index in [9.17, 15) is 9.59 Å². The molecule has 104 valence electrons. The molecule has 0 fully saturated rings. The van der Waals surface area contributed by atoms with E-state index in [0.29, 0.717) is 0 Å². The highest BCUT2D eigenvalue weighted by Crippen LogP contribution is 1.57. The van der Waals surface area contributed by atoms with Crippen LogP contribution in [0.15, 0.2) is 0 Å². The van der Waals surface area contributed by atoms with Crippen molar-refractivity contribution in [1.29, 1.82) is 0 Å². The summed E-state index contributed by atoms with van der Waals surface area (Å²) in [6, 6.07) is 0. The van der Waals surface area contributed by atoms with E-state index in [4.69, 9.17) is 27.7 Å². The number of carboxylic acid groups (broad SMARTS) is 2. The molecular weight excluding hydrogens is 260 g/mol. The van der Waals surface area contributed by atoms with E-state index in [0.717, 1.165) is 0 Å². The van der Waals surface area contributed by atoms with Gasteiger partial charge in [-0.15, -0.1) is 0 Å². The lowest BCUT2D eigenvalue weighted by atomic mass is 10.7. The van der Waals surface area contributed by atoms with E-state index in [1.165, 1.54) is 0 Å². The van der Waals surface area contributed by atoms with Crippen LogP contribution in [0.1, 0.15) is 0 Å². The third-order valence-electron chi connectivity index (χ3n) is 0.757. The second-order valence-corrected chi connectivity index (χ2v) is 3.24. The van der Waals surface area contributed by atoms with Gasteiger partial charge in [-0.1, -0.05) is 0 Å². The van der Waals surface area contributed by atoms with Crippen molar-refractivity contribution < 1.29 is 48.0 Å². The maximum atomic E-state index is 9.57. The Hall–Kier alpha value is -1.27.